The van der Waals surface area contributed by atoms with Crippen molar-refractivity contribution >= 4 is 11.3 Å². The Balaban J connectivity index is 1.68. The largest absolute Gasteiger partial charge is 0.486 e. The molecule has 3 nitrogen and oxygen atoms in total. The molecular formula is C14H16N2OS. The summed E-state index contributed by atoms with van der Waals surface area (Å²) in [7, 11) is 0. The van der Waals surface area contributed by atoms with E-state index >= 15 is 0 Å². The smallest absolute Gasteiger partial charge is 0.140 e. The summed E-state index contributed by atoms with van der Waals surface area (Å²) in [5.74, 6) is 0.918. The normalized spacial score (nSPS) is 14.3. The lowest BCUT2D eigenvalue weighted by Gasteiger charge is -2.09. The fraction of sp³-hybridized carbons (Fsp3) is 0.357. The Morgan fingerprint density at radius 1 is 1.44 bits per heavy atom. The minimum absolute atomic E-state index is 0.571. The standard InChI is InChI=1S/C14H16N2OS/c1-10-3-2-4-11(7-10)17-9-14-16-12-5-6-15-8-13(12)18-14/h2-4,7,15H,5-6,8-9H2,1H3. The number of rotatable bonds is 3. The Bertz CT molecular complexity index is 527. The van der Waals surface area contributed by atoms with Crippen LogP contribution in [0.25, 0.3) is 0 Å². The van der Waals surface area contributed by atoms with Crippen LogP contribution in [0.1, 0.15) is 21.1 Å². The molecule has 0 atom stereocenters. The molecule has 0 aliphatic carbocycles. The van der Waals surface area contributed by atoms with Crippen molar-refractivity contribution in [2.24, 2.45) is 0 Å². The molecule has 0 radical (unpaired) electrons. The summed E-state index contributed by atoms with van der Waals surface area (Å²) < 4.78 is 5.78. The second-order valence-electron chi connectivity index (χ2n) is 4.51. The van der Waals surface area contributed by atoms with Crippen LogP contribution < -0.4 is 10.1 Å². The van der Waals surface area contributed by atoms with Crippen molar-refractivity contribution in [2.75, 3.05) is 6.54 Å². The number of benzene rings is 1. The van der Waals surface area contributed by atoms with Gasteiger partial charge in [0.15, 0.2) is 0 Å². The number of thiazole rings is 1. The molecule has 1 aliphatic rings. The van der Waals surface area contributed by atoms with Crippen LogP contribution >= 0.6 is 11.3 Å². The first-order valence-electron chi connectivity index (χ1n) is 6.19. The lowest BCUT2D eigenvalue weighted by Crippen LogP contribution is -2.22. The average Bonchev–Trinajstić information content (AvgIpc) is 2.79. The van der Waals surface area contributed by atoms with Crippen LogP contribution in [0.15, 0.2) is 24.3 Å². The monoisotopic (exact) mass is 260 g/mol. The summed E-state index contributed by atoms with van der Waals surface area (Å²) in [6.07, 6.45) is 1.04. The Labute approximate surface area is 111 Å². The van der Waals surface area contributed by atoms with Gasteiger partial charge in [0.2, 0.25) is 0 Å². The second kappa shape index (κ2) is 5.08. The maximum absolute atomic E-state index is 5.78. The van der Waals surface area contributed by atoms with Crippen molar-refractivity contribution in [3.63, 3.8) is 0 Å². The number of nitrogens with zero attached hydrogens (tertiary/aromatic N) is 1. The predicted octanol–water partition coefficient (Wildman–Crippen LogP) is 2.68. The van der Waals surface area contributed by atoms with Gasteiger partial charge in [0.05, 0.1) is 5.69 Å². The minimum atomic E-state index is 0.571. The Kier molecular flexibility index (Phi) is 3.30. The highest BCUT2D eigenvalue weighted by Gasteiger charge is 2.14. The molecule has 2 aromatic rings. The van der Waals surface area contributed by atoms with E-state index in [1.165, 1.54) is 16.1 Å². The van der Waals surface area contributed by atoms with Crippen molar-refractivity contribution < 1.29 is 4.74 Å². The molecule has 0 saturated carbocycles. The van der Waals surface area contributed by atoms with Crippen LogP contribution in [0.4, 0.5) is 0 Å². The second-order valence-corrected chi connectivity index (χ2v) is 5.68. The summed E-state index contributed by atoms with van der Waals surface area (Å²) >= 11 is 1.76. The molecule has 1 N–H and O–H groups in total. The van der Waals surface area contributed by atoms with Crippen LogP contribution in [0.3, 0.4) is 0 Å². The van der Waals surface area contributed by atoms with E-state index in [-0.39, 0.29) is 0 Å². The molecule has 0 spiro atoms. The minimum Gasteiger partial charge on any atom is -0.486 e. The van der Waals surface area contributed by atoms with Crippen LogP contribution in [0.2, 0.25) is 0 Å². The average molecular weight is 260 g/mol. The third-order valence-electron chi connectivity index (χ3n) is 3.00. The number of nitrogens with one attached hydrogen (secondary N) is 1. The number of aryl methyl sites for hydroxylation is 1. The molecule has 0 fully saturated rings. The molecule has 1 aromatic heterocycles. The molecule has 3 rings (SSSR count). The number of hydrogen-bond donors (Lipinski definition) is 1. The van der Waals surface area contributed by atoms with E-state index in [2.05, 4.69) is 29.4 Å². The van der Waals surface area contributed by atoms with Crippen molar-refractivity contribution in [2.45, 2.75) is 26.5 Å². The first-order valence-corrected chi connectivity index (χ1v) is 7.00. The van der Waals surface area contributed by atoms with Gasteiger partial charge in [-0.3, -0.25) is 0 Å². The van der Waals surface area contributed by atoms with Crippen molar-refractivity contribution in [1.82, 2.24) is 10.3 Å². The maximum Gasteiger partial charge on any atom is 0.140 e. The topological polar surface area (TPSA) is 34.1 Å². The molecule has 18 heavy (non-hydrogen) atoms. The SMILES string of the molecule is Cc1cccc(OCc2nc3c(s2)CNCC3)c1. The third-order valence-corrected chi connectivity index (χ3v) is 4.07. The van der Waals surface area contributed by atoms with E-state index < -0.39 is 0 Å². The first kappa shape index (κ1) is 11.7. The molecule has 2 heterocycles. The first-order chi connectivity index (χ1) is 8.81. The summed E-state index contributed by atoms with van der Waals surface area (Å²) in [5.41, 5.74) is 2.47. The fourth-order valence-corrected chi connectivity index (χ4v) is 3.09. The molecular weight excluding hydrogens is 244 g/mol. The van der Waals surface area contributed by atoms with Gasteiger partial charge in [-0.05, 0) is 24.6 Å². The fourth-order valence-electron chi connectivity index (χ4n) is 2.09. The van der Waals surface area contributed by atoms with E-state index in [1.807, 2.05) is 12.1 Å². The van der Waals surface area contributed by atoms with Gasteiger partial charge in [-0.2, -0.15) is 0 Å². The zero-order chi connectivity index (χ0) is 12.4. The lowest BCUT2D eigenvalue weighted by atomic mass is 10.2. The molecule has 0 amide bonds. The van der Waals surface area contributed by atoms with Crippen molar-refractivity contribution in [1.29, 1.82) is 0 Å². The summed E-state index contributed by atoms with van der Waals surface area (Å²) in [6, 6.07) is 8.12. The van der Waals surface area contributed by atoms with Gasteiger partial charge in [0, 0.05) is 24.4 Å². The van der Waals surface area contributed by atoms with E-state index in [0.29, 0.717) is 6.61 Å². The molecule has 0 unspecified atom stereocenters. The molecule has 1 aliphatic heterocycles. The van der Waals surface area contributed by atoms with E-state index in [1.54, 1.807) is 11.3 Å². The zero-order valence-electron chi connectivity index (χ0n) is 10.4. The molecule has 0 bridgehead atoms. The number of hydrogen-bond acceptors (Lipinski definition) is 4. The van der Waals surface area contributed by atoms with Gasteiger partial charge in [0.1, 0.15) is 17.4 Å². The number of aromatic nitrogens is 1. The summed E-state index contributed by atoms with van der Waals surface area (Å²) in [5, 5.41) is 4.44. The van der Waals surface area contributed by atoms with Crippen LogP contribution in [0.5, 0.6) is 5.75 Å². The summed E-state index contributed by atoms with van der Waals surface area (Å²) in [4.78, 5) is 6.01. The van der Waals surface area contributed by atoms with Crippen LogP contribution in [-0.2, 0) is 19.6 Å². The Morgan fingerprint density at radius 2 is 2.39 bits per heavy atom. The van der Waals surface area contributed by atoms with Crippen LogP contribution in [0, 0.1) is 6.92 Å². The van der Waals surface area contributed by atoms with Crippen molar-refractivity contribution in [3.8, 4) is 5.75 Å². The molecule has 94 valence electrons. The zero-order valence-corrected chi connectivity index (χ0v) is 11.2. The van der Waals surface area contributed by atoms with Gasteiger partial charge < -0.3 is 10.1 Å². The highest BCUT2D eigenvalue weighted by molar-refractivity contribution is 7.11. The lowest BCUT2D eigenvalue weighted by molar-refractivity contribution is 0.305. The Hall–Kier alpha value is -1.39. The van der Waals surface area contributed by atoms with Gasteiger partial charge in [-0.25, -0.2) is 4.98 Å². The van der Waals surface area contributed by atoms with Gasteiger partial charge >= 0.3 is 0 Å². The molecule has 4 heteroatoms. The van der Waals surface area contributed by atoms with Crippen LogP contribution in [-0.4, -0.2) is 11.5 Å². The third kappa shape index (κ3) is 2.54. The Morgan fingerprint density at radius 3 is 3.22 bits per heavy atom. The number of ether oxygens (including phenoxy) is 1. The number of fused-ring (bicyclic) bond motifs is 1. The summed E-state index contributed by atoms with van der Waals surface area (Å²) in [6.45, 7) is 4.63. The molecule has 0 saturated heterocycles. The van der Waals surface area contributed by atoms with Crippen molar-refractivity contribution in [3.05, 3.63) is 45.4 Å². The van der Waals surface area contributed by atoms with Gasteiger partial charge in [-0.1, -0.05) is 12.1 Å². The van der Waals surface area contributed by atoms with E-state index in [0.717, 1.165) is 30.3 Å². The highest BCUT2D eigenvalue weighted by atomic mass is 32.1. The molecule has 1 aromatic carbocycles. The van der Waals surface area contributed by atoms with E-state index in [9.17, 15) is 0 Å². The maximum atomic E-state index is 5.78. The van der Waals surface area contributed by atoms with Gasteiger partial charge in [-0.15, -0.1) is 11.3 Å². The quantitative estimate of drug-likeness (QED) is 0.921. The predicted molar refractivity (Wildman–Crippen MR) is 73.0 cm³/mol. The highest BCUT2D eigenvalue weighted by Crippen LogP contribution is 2.23. The van der Waals surface area contributed by atoms with E-state index in [4.69, 9.17) is 4.74 Å². The van der Waals surface area contributed by atoms with Gasteiger partial charge in [0.25, 0.3) is 0 Å².